The van der Waals surface area contributed by atoms with Gasteiger partial charge in [0, 0.05) is 48.0 Å². The maximum atomic E-state index is 13.9. The number of aliphatic imine (C=N–C) groups is 1. The zero-order valence-electron chi connectivity index (χ0n) is 28.6. The van der Waals surface area contributed by atoms with Crippen molar-refractivity contribution in [2.45, 2.75) is 55.9 Å². The summed E-state index contributed by atoms with van der Waals surface area (Å²) in [4.78, 5) is 47.8. The molecule has 5 rings (SSSR count). The van der Waals surface area contributed by atoms with Crippen LogP contribution in [0.3, 0.4) is 0 Å². The number of amides is 1. The third-order valence-corrected chi connectivity index (χ3v) is 11.0. The van der Waals surface area contributed by atoms with Crippen LogP contribution in [-0.4, -0.2) is 91.9 Å². The highest BCUT2D eigenvalue weighted by Gasteiger charge is 2.40. The molecule has 0 radical (unpaired) electrons. The summed E-state index contributed by atoms with van der Waals surface area (Å²) in [5.41, 5.74) is 3.76. The molecule has 2 aromatic rings. The Morgan fingerprint density at radius 3 is 2.48 bits per heavy atom. The summed E-state index contributed by atoms with van der Waals surface area (Å²) in [6.45, 7) is 5.39. The number of thioether (sulfide) groups is 1. The minimum atomic E-state index is -4.61. The van der Waals surface area contributed by atoms with Crippen molar-refractivity contribution in [2.75, 3.05) is 44.4 Å². The second-order valence-corrected chi connectivity index (χ2v) is 15.7. The first kappa shape index (κ1) is 37.0. The maximum absolute atomic E-state index is 13.9. The number of carbonyl (C=O) groups is 3. The lowest BCUT2D eigenvalue weighted by atomic mass is 9.78. The number of carboxylic acid groups (broad SMARTS) is 1. The second kappa shape index (κ2) is 15.3. The highest BCUT2D eigenvalue weighted by atomic mass is 32.2. The van der Waals surface area contributed by atoms with Crippen LogP contribution in [0.1, 0.15) is 45.1 Å². The number of Topliss-reactive ketones (excluding diaryl/α,β-unsaturated/α-hetero) is 1. The number of benzene rings is 2. The van der Waals surface area contributed by atoms with Crippen molar-refractivity contribution in [3.05, 3.63) is 88.1 Å². The van der Waals surface area contributed by atoms with Crippen molar-refractivity contribution in [1.29, 1.82) is 0 Å². The van der Waals surface area contributed by atoms with Crippen LogP contribution in [-0.2, 0) is 29.9 Å². The van der Waals surface area contributed by atoms with Crippen LogP contribution in [0.15, 0.2) is 92.4 Å². The molecule has 0 bridgehead atoms. The molecule has 1 atom stereocenters. The molecular formula is C36H43N5O7S2. The van der Waals surface area contributed by atoms with E-state index in [4.69, 9.17) is 10.1 Å². The molecule has 3 aliphatic rings. The van der Waals surface area contributed by atoms with Gasteiger partial charge in [-0.3, -0.25) is 23.9 Å². The fraction of sp³-hybridized carbons (Fsp3) is 0.389. The topological polar surface area (TPSA) is 169 Å². The Morgan fingerprint density at radius 1 is 1.06 bits per heavy atom. The number of anilines is 1. The quantitative estimate of drug-likeness (QED) is 0.110. The van der Waals surface area contributed by atoms with Crippen LogP contribution in [0.5, 0.6) is 0 Å². The van der Waals surface area contributed by atoms with Crippen LogP contribution in [0.25, 0.3) is 0 Å². The summed E-state index contributed by atoms with van der Waals surface area (Å²) in [5, 5.41) is 15.4. The summed E-state index contributed by atoms with van der Waals surface area (Å²) >= 11 is 1.49. The number of hydrogen-bond acceptors (Lipinski definition) is 10. The number of allylic oxidation sites excluding steroid dienone is 4. The largest absolute Gasteiger partial charge is 0.481 e. The van der Waals surface area contributed by atoms with E-state index >= 15 is 0 Å². The number of para-hydroxylation sites is 2. The van der Waals surface area contributed by atoms with E-state index in [1.165, 1.54) is 11.8 Å². The van der Waals surface area contributed by atoms with Gasteiger partial charge in [-0.1, -0.05) is 62.4 Å². The first-order valence-corrected chi connectivity index (χ1v) is 18.9. The van der Waals surface area contributed by atoms with E-state index in [1.807, 2.05) is 86.3 Å². The van der Waals surface area contributed by atoms with E-state index in [2.05, 4.69) is 10.6 Å². The molecule has 1 unspecified atom stereocenters. The number of carbonyl (C=O) groups excluding carboxylic acids is 2. The Kier molecular flexibility index (Phi) is 11.4. The van der Waals surface area contributed by atoms with Gasteiger partial charge in [-0.05, 0) is 62.3 Å². The Morgan fingerprint density at radius 2 is 1.78 bits per heavy atom. The standard InChI is InChI=1S/C36H43N5O7S2/c1-36(2)25-12-7-8-13-26(25)38-30(36)20-23-33(24(34(23)44)21-31-41(4)28-14-9-10-15-29(28)49-31)39-27(22-50(46,47)48)35(45)37-17-19-40(3)18-11-5-6-16-32(42)43/h7-10,12-15,20-21,27,39H,5-6,11,16-19,22H2,1-4H3,(H,37,45)(H,42,43)(H,46,47,48)/b23-20-,31-21-. The van der Waals surface area contributed by atoms with Gasteiger partial charge >= 0.3 is 5.97 Å². The minimum Gasteiger partial charge on any atom is -0.481 e. The van der Waals surface area contributed by atoms with Crippen LogP contribution >= 0.6 is 11.8 Å². The van der Waals surface area contributed by atoms with E-state index in [0.717, 1.165) is 39.7 Å². The zero-order chi connectivity index (χ0) is 36.2. The Bertz CT molecular complexity index is 1920. The number of nitrogens with zero attached hydrogens (tertiary/aromatic N) is 3. The average Bonchev–Trinajstić information content (AvgIpc) is 3.51. The third-order valence-electron chi connectivity index (χ3n) is 9.04. The highest BCUT2D eigenvalue weighted by Crippen LogP contribution is 2.47. The maximum Gasteiger partial charge on any atom is 0.303 e. The lowest BCUT2D eigenvalue weighted by molar-refractivity contribution is -0.137. The van der Waals surface area contributed by atoms with Gasteiger partial charge in [0.25, 0.3) is 10.1 Å². The molecule has 1 aliphatic carbocycles. The van der Waals surface area contributed by atoms with Crippen LogP contribution in [0.2, 0.25) is 0 Å². The summed E-state index contributed by atoms with van der Waals surface area (Å²) in [6, 6.07) is 14.2. The fourth-order valence-electron chi connectivity index (χ4n) is 6.12. The molecule has 0 aromatic heterocycles. The molecule has 4 N–H and O–H groups in total. The first-order valence-electron chi connectivity index (χ1n) is 16.5. The highest BCUT2D eigenvalue weighted by molar-refractivity contribution is 8.03. The number of rotatable bonds is 16. The Balaban J connectivity index is 1.39. The molecule has 0 saturated heterocycles. The Labute approximate surface area is 297 Å². The lowest BCUT2D eigenvalue weighted by Gasteiger charge is -2.30. The van der Waals surface area contributed by atoms with E-state index < -0.39 is 39.2 Å². The van der Waals surface area contributed by atoms with Gasteiger partial charge in [-0.25, -0.2) is 0 Å². The first-order chi connectivity index (χ1) is 23.7. The number of nitrogens with one attached hydrogen (secondary N) is 2. The van der Waals surface area contributed by atoms with Crippen LogP contribution in [0.4, 0.5) is 11.4 Å². The summed E-state index contributed by atoms with van der Waals surface area (Å²) < 4.78 is 34.1. The van der Waals surface area contributed by atoms with E-state index in [-0.39, 0.29) is 29.9 Å². The molecule has 0 saturated carbocycles. The number of likely N-dealkylation sites (N-methyl/N-ethyl adjacent to an activating group) is 1. The minimum absolute atomic E-state index is 0.127. The summed E-state index contributed by atoms with van der Waals surface area (Å²) in [6.07, 6.45) is 5.71. The monoisotopic (exact) mass is 721 g/mol. The van der Waals surface area contributed by atoms with E-state index in [1.54, 1.807) is 12.2 Å². The Hall–Kier alpha value is -4.24. The molecule has 2 aliphatic heterocycles. The van der Waals surface area contributed by atoms with Crippen LogP contribution < -0.4 is 15.5 Å². The third kappa shape index (κ3) is 8.55. The zero-order valence-corrected chi connectivity index (χ0v) is 30.2. The van der Waals surface area contributed by atoms with Crippen molar-refractivity contribution in [3.63, 3.8) is 0 Å². The van der Waals surface area contributed by atoms with Gasteiger partial charge < -0.3 is 25.5 Å². The molecule has 14 heteroatoms. The van der Waals surface area contributed by atoms with Gasteiger partial charge in [0.05, 0.1) is 27.8 Å². The number of hydrogen-bond donors (Lipinski definition) is 4. The van der Waals surface area contributed by atoms with Crippen molar-refractivity contribution in [3.8, 4) is 0 Å². The molecule has 2 heterocycles. The lowest BCUT2D eigenvalue weighted by Crippen LogP contribution is -2.51. The SMILES string of the molecule is CN(CCCCCC(=O)O)CCNC(=O)C(CS(=O)(=O)O)NC1=C(/C=C2\Sc3ccccc3N2C)C(=O)/C1=C\C1=Nc2ccccc2C1(C)C. The predicted octanol–water partition coefficient (Wildman–Crippen LogP) is 4.44. The van der Waals surface area contributed by atoms with Gasteiger partial charge in [-0.15, -0.1) is 0 Å². The normalized spacial score (nSPS) is 18.6. The van der Waals surface area contributed by atoms with Crippen LogP contribution in [0, 0.1) is 0 Å². The fourth-order valence-corrected chi connectivity index (χ4v) is 7.87. The smallest absolute Gasteiger partial charge is 0.303 e. The van der Waals surface area contributed by atoms with Gasteiger partial charge in [0.2, 0.25) is 5.91 Å². The second-order valence-electron chi connectivity index (χ2n) is 13.2. The number of carboxylic acids is 1. The molecular weight excluding hydrogens is 679 g/mol. The number of ketones is 1. The average molecular weight is 722 g/mol. The summed E-state index contributed by atoms with van der Waals surface area (Å²) in [5.74, 6) is -2.67. The van der Waals surface area contributed by atoms with Crippen molar-refractivity contribution in [2.24, 2.45) is 4.99 Å². The van der Waals surface area contributed by atoms with E-state index in [0.29, 0.717) is 30.9 Å². The predicted molar refractivity (Wildman–Crippen MR) is 195 cm³/mol. The molecule has 12 nitrogen and oxygen atoms in total. The van der Waals surface area contributed by atoms with Gasteiger partial charge in [-0.2, -0.15) is 8.42 Å². The molecule has 0 fully saturated rings. The number of unbranched alkanes of at least 4 members (excludes halogenated alkanes) is 2. The number of fused-ring (bicyclic) bond motifs is 2. The van der Waals surface area contributed by atoms with Gasteiger partial charge in [0.1, 0.15) is 11.8 Å². The summed E-state index contributed by atoms with van der Waals surface area (Å²) in [7, 11) is -0.839. The van der Waals surface area contributed by atoms with Crippen molar-refractivity contribution in [1.82, 2.24) is 15.5 Å². The molecule has 1 amide bonds. The molecule has 50 heavy (non-hydrogen) atoms. The van der Waals surface area contributed by atoms with E-state index in [9.17, 15) is 27.4 Å². The van der Waals surface area contributed by atoms with Crippen molar-refractivity contribution >= 4 is 56.6 Å². The molecule has 0 spiro atoms. The number of aliphatic carboxylic acids is 1. The molecule has 2 aromatic carbocycles. The van der Waals surface area contributed by atoms with Gasteiger partial charge in [0.15, 0.2) is 5.78 Å². The molecule has 266 valence electrons. The van der Waals surface area contributed by atoms with Crippen molar-refractivity contribution < 1.29 is 32.5 Å².